The molecule has 0 aliphatic heterocycles. The Hall–Kier alpha value is -2.78. The predicted molar refractivity (Wildman–Crippen MR) is 109 cm³/mol. The molecule has 2 rings (SSSR count). The largest absolute Gasteiger partial charge is 0.369 e. The topological polar surface area (TPSA) is 43.4 Å². The molecule has 3 nitrogen and oxygen atoms in total. The van der Waals surface area contributed by atoms with Gasteiger partial charge in [0.2, 0.25) is 0 Å². The summed E-state index contributed by atoms with van der Waals surface area (Å²) in [5.41, 5.74) is 1.78. The highest BCUT2D eigenvalue weighted by atomic mass is 16.5. The molecule has 27 heavy (non-hydrogen) atoms. The summed E-state index contributed by atoms with van der Waals surface area (Å²) in [5, 5.41) is 0. The van der Waals surface area contributed by atoms with Crippen LogP contribution in [-0.2, 0) is 16.1 Å². The first-order chi connectivity index (χ1) is 13.3. The Morgan fingerprint density at radius 3 is 2.04 bits per heavy atom. The van der Waals surface area contributed by atoms with Crippen LogP contribution in [0.25, 0.3) is 0 Å². The van der Waals surface area contributed by atoms with Gasteiger partial charge in [0, 0.05) is 5.56 Å². The zero-order valence-electron chi connectivity index (χ0n) is 15.6. The molecule has 140 valence electrons. The average Bonchev–Trinajstić information content (AvgIpc) is 2.71. The van der Waals surface area contributed by atoms with Gasteiger partial charge in [0.1, 0.15) is 6.61 Å². The smallest absolute Gasteiger partial charge is 0.185 e. The van der Waals surface area contributed by atoms with Crippen LogP contribution in [0.4, 0.5) is 0 Å². The second-order valence-electron chi connectivity index (χ2n) is 6.26. The van der Waals surface area contributed by atoms with Gasteiger partial charge in [-0.25, -0.2) is 0 Å². The first kappa shape index (κ1) is 20.5. The van der Waals surface area contributed by atoms with Gasteiger partial charge in [-0.05, 0) is 43.4 Å². The van der Waals surface area contributed by atoms with Gasteiger partial charge in [0.25, 0.3) is 0 Å². The maximum atomic E-state index is 11.9. The normalized spacial score (nSPS) is 11.3. The van der Waals surface area contributed by atoms with Crippen molar-refractivity contribution in [3.05, 3.63) is 96.1 Å². The molecule has 3 heteroatoms. The Bertz CT molecular complexity index is 746. The van der Waals surface area contributed by atoms with Gasteiger partial charge >= 0.3 is 0 Å². The Morgan fingerprint density at radius 2 is 1.37 bits per heavy atom. The van der Waals surface area contributed by atoms with E-state index < -0.39 is 0 Å². The molecule has 0 aromatic heterocycles. The number of ketones is 2. The van der Waals surface area contributed by atoms with E-state index in [0.29, 0.717) is 12.2 Å². The number of hydrogen-bond donors (Lipinski definition) is 0. The van der Waals surface area contributed by atoms with Crippen LogP contribution in [0.5, 0.6) is 0 Å². The summed E-state index contributed by atoms with van der Waals surface area (Å²) in [7, 11) is 0. The standard InChI is InChI=1S/C24H26O3/c25-23(20-27-19-21-13-7-5-8-14-21)17-11-3-1-2-4-12-18-24(26)22-15-9-6-10-16-22/h5-18H,1-4,19-20H2/b17-11+,18-12+. The minimum Gasteiger partial charge on any atom is -0.369 e. The van der Waals surface area contributed by atoms with Crippen molar-refractivity contribution >= 4 is 11.6 Å². The van der Waals surface area contributed by atoms with Crippen LogP contribution in [0.3, 0.4) is 0 Å². The van der Waals surface area contributed by atoms with E-state index in [-0.39, 0.29) is 18.2 Å². The van der Waals surface area contributed by atoms with E-state index in [9.17, 15) is 9.59 Å². The lowest BCUT2D eigenvalue weighted by Gasteiger charge is -2.01. The van der Waals surface area contributed by atoms with Crippen molar-refractivity contribution in [2.24, 2.45) is 0 Å². The van der Waals surface area contributed by atoms with E-state index in [1.165, 1.54) is 0 Å². The zero-order valence-corrected chi connectivity index (χ0v) is 15.6. The van der Waals surface area contributed by atoms with Crippen molar-refractivity contribution < 1.29 is 14.3 Å². The van der Waals surface area contributed by atoms with E-state index >= 15 is 0 Å². The second kappa shape index (κ2) is 12.6. The minimum absolute atomic E-state index is 0.0146. The molecule has 0 amide bonds. The van der Waals surface area contributed by atoms with Crippen molar-refractivity contribution in [3.63, 3.8) is 0 Å². The molecule has 0 saturated heterocycles. The lowest BCUT2D eigenvalue weighted by atomic mass is 10.1. The molecule has 0 atom stereocenters. The Balaban J connectivity index is 1.51. The minimum atomic E-state index is -0.0146. The van der Waals surface area contributed by atoms with Crippen LogP contribution in [0.2, 0.25) is 0 Å². The molecular formula is C24H26O3. The third-order valence-electron chi connectivity index (χ3n) is 3.98. The summed E-state index contributed by atoms with van der Waals surface area (Å²) in [6.07, 6.45) is 10.7. The molecule has 0 saturated carbocycles. The summed E-state index contributed by atoms with van der Waals surface area (Å²) in [6.45, 7) is 0.560. The number of hydrogen-bond acceptors (Lipinski definition) is 3. The third-order valence-corrected chi connectivity index (χ3v) is 3.98. The third kappa shape index (κ3) is 8.93. The molecule has 0 spiro atoms. The molecule has 0 N–H and O–H groups in total. The first-order valence-electron chi connectivity index (χ1n) is 9.32. The van der Waals surface area contributed by atoms with Gasteiger partial charge in [-0.1, -0.05) is 72.8 Å². The molecule has 0 aliphatic rings. The molecule has 2 aromatic rings. The SMILES string of the molecule is O=C(/C=C/CCCC/C=C/C(=O)c1ccccc1)COCc1ccccc1. The van der Waals surface area contributed by atoms with Crippen molar-refractivity contribution in [2.75, 3.05) is 6.61 Å². The maximum absolute atomic E-state index is 11.9. The van der Waals surface area contributed by atoms with Crippen LogP contribution in [0.1, 0.15) is 41.6 Å². The van der Waals surface area contributed by atoms with Gasteiger partial charge < -0.3 is 4.74 Å². The number of ether oxygens (including phenoxy) is 1. The van der Waals surface area contributed by atoms with Gasteiger partial charge in [-0.2, -0.15) is 0 Å². The van der Waals surface area contributed by atoms with E-state index in [0.717, 1.165) is 31.2 Å². The fraction of sp³-hybridized carbons (Fsp3) is 0.250. The Labute approximate surface area is 161 Å². The van der Waals surface area contributed by atoms with Crippen molar-refractivity contribution in [3.8, 4) is 0 Å². The lowest BCUT2D eigenvalue weighted by molar-refractivity contribution is -0.119. The summed E-state index contributed by atoms with van der Waals surface area (Å²) in [5.74, 6) is 0.0240. The Kier molecular flexibility index (Phi) is 9.55. The number of benzene rings is 2. The fourth-order valence-electron chi connectivity index (χ4n) is 2.52. The van der Waals surface area contributed by atoms with E-state index in [4.69, 9.17) is 4.74 Å². The van der Waals surface area contributed by atoms with Crippen LogP contribution in [0.15, 0.2) is 85.0 Å². The first-order valence-corrected chi connectivity index (χ1v) is 9.32. The summed E-state index contributed by atoms with van der Waals surface area (Å²) < 4.78 is 5.41. The number of unbranched alkanes of at least 4 members (excludes halogenated alkanes) is 3. The van der Waals surface area contributed by atoms with Gasteiger partial charge in [-0.3, -0.25) is 9.59 Å². The fourth-order valence-corrected chi connectivity index (χ4v) is 2.52. The van der Waals surface area contributed by atoms with Crippen LogP contribution in [-0.4, -0.2) is 18.2 Å². The lowest BCUT2D eigenvalue weighted by Crippen LogP contribution is -2.05. The maximum Gasteiger partial charge on any atom is 0.185 e. The number of allylic oxidation sites excluding steroid dienone is 3. The highest BCUT2D eigenvalue weighted by molar-refractivity contribution is 6.04. The Morgan fingerprint density at radius 1 is 0.778 bits per heavy atom. The van der Waals surface area contributed by atoms with Gasteiger partial charge in [0.05, 0.1) is 6.61 Å². The van der Waals surface area contributed by atoms with E-state index in [1.54, 1.807) is 12.2 Å². The number of rotatable bonds is 12. The summed E-state index contributed by atoms with van der Waals surface area (Å²) >= 11 is 0. The summed E-state index contributed by atoms with van der Waals surface area (Å²) in [6, 6.07) is 19.1. The highest BCUT2D eigenvalue weighted by Gasteiger charge is 1.99. The van der Waals surface area contributed by atoms with Crippen molar-refractivity contribution in [1.29, 1.82) is 0 Å². The summed E-state index contributed by atoms with van der Waals surface area (Å²) in [4.78, 5) is 23.6. The predicted octanol–water partition coefficient (Wildman–Crippen LogP) is 5.33. The molecule has 0 aliphatic carbocycles. The monoisotopic (exact) mass is 362 g/mol. The van der Waals surface area contributed by atoms with Crippen LogP contribution < -0.4 is 0 Å². The molecule has 0 bridgehead atoms. The highest BCUT2D eigenvalue weighted by Crippen LogP contribution is 2.05. The van der Waals surface area contributed by atoms with Crippen molar-refractivity contribution in [1.82, 2.24) is 0 Å². The van der Waals surface area contributed by atoms with Gasteiger partial charge in [0.15, 0.2) is 11.6 Å². The van der Waals surface area contributed by atoms with Crippen LogP contribution in [0, 0.1) is 0 Å². The zero-order chi connectivity index (χ0) is 19.2. The second-order valence-corrected chi connectivity index (χ2v) is 6.26. The molecule has 0 fully saturated rings. The molecule has 0 unspecified atom stereocenters. The van der Waals surface area contributed by atoms with Crippen LogP contribution >= 0.6 is 0 Å². The average molecular weight is 362 g/mol. The molecule has 2 aromatic carbocycles. The number of carbonyl (C=O) groups excluding carboxylic acids is 2. The molecule has 0 radical (unpaired) electrons. The van der Waals surface area contributed by atoms with E-state index in [2.05, 4.69) is 0 Å². The number of carbonyl (C=O) groups is 2. The van der Waals surface area contributed by atoms with Gasteiger partial charge in [-0.15, -0.1) is 0 Å². The van der Waals surface area contributed by atoms with E-state index in [1.807, 2.05) is 72.8 Å². The quantitative estimate of drug-likeness (QED) is 0.291. The molecule has 0 heterocycles. The van der Waals surface area contributed by atoms with Crippen molar-refractivity contribution in [2.45, 2.75) is 32.3 Å². The molecular weight excluding hydrogens is 336 g/mol.